The molecule has 1 saturated heterocycles. The SMILES string of the molecule is CCCC[SiH](OC[C@H]1O[C@@H](n2cnc3c(N)ncnc32)[C@@H](O)[C@@H]1O)C(C)C. The first-order valence-electron chi connectivity index (χ1n) is 9.50. The van der Waals surface area contributed by atoms with Crippen LogP contribution in [0.4, 0.5) is 5.82 Å². The first-order valence-corrected chi connectivity index (χ1v) is 11.5. The van der Waals surface area contributed by atoms with E-state index in [4.69, 9.17) is 14.9 Å². The molecule has 10 heteroatoms. The van der Waals surface area contributed by atoms with Crippen molar-refractivity contribution in [1.29, 1.82) is 0 Å². The van der Waals surface area contributed by atoms with Crippen LogP contribution < -0.4 is 5.73 Å². The number of anilines is 1. The summed E-state index contributed by atoms with van der Waals surface area (Å²) in [4.78, 5) is 12.3. The van der Waals surface area contributed by atoms with Gasteiger partial charge in [-0.2, -0.15) is 0 Å². The maximum atomic E-state index is 10.5. The molecule has 2 aromatic heterocycles. The van der Waals surface area contributed by atoms with E-state index in [1.165, 1.54) is 12.7 Å². The van der Waals surface area contributed by atoms with Gasteiger partial charge in [-0.1, -0.05) is 33.6 Å². The smallest absolute Gasteiger partial charge is 0.179 e. The summed E-state index contributed by atoms with van der Waals surface area (Å²) >= 11 is 0. The third kappa shape index (κ3) is 4.14. The molecule has 3 rings (SSSR count). The van der Waals surface area contributed by atoms with Crippen LogP contribution in [0.25, 0.3) is 11.2 Å². The number of imidazole rings is 1. The van der Waals surface area contributed by atoms with Gasteiger partial charge in [-0.15, -0.1) is 0 Å². The zero-order chi connectivity index (χ0) is 19.6. The molecule has 5 atom stereocenters. The van der Waals surface area contributed by atoms with Gasteiger partial charge in [0.1, 0.15) is 30.2 Å². The number of nitrogens with two attached hydrogens (primary N) is 1. The molecule has 0 spiro atoms. The third-order valence-electron chi connectivity index (χ3n) is 5.06. The first kappa shape index (κ1) is 20.1. The summed E-state index contributed by atoms with van der Waals surface area (Å²) in [5.74, 6) is 0.258. The summed E-state index contributed by atoms with van der Waals surface area (Å²) < 4.78 is 13.7. The summed E-state index contributed by atoms with van der Waals surface area (Å²) in [5.41, 5.74) is 7.21. The quantitative estimate of drug-likeness (QED) is 0.564. The molecule has 0 bridgehead atoms. The van der Waals surface area contributed by atoms with Gasteiger partial charge in [0, 0.05) is 0 Å². The van der Waals surface area contributed by atoms with Gasteiger partial charge in [-0.05, 0) is 11.6 Å². The zero-order valence-electron chi connectivity index (χ0n) is 16.0. The topological polar surface area (TPSA) is 129 Å². The second-order valence-corrected chi connectivity index (χ2v) is 10.7. The molecular weight excluding hydrogens is 366 g/mol. The highest BCUT2D eigenvalue weighted by atomic mass is 28.3. The van der Waals surface area contributed by atoms with Crippen molar-refractivity contribution in [2.24, 2.45) is 0 Å². The van der Waals surface area contributed by atoms with Crippen LogP contribution >= 0.6 is 0 Å². The molecule has 0 amide bonds. The molecular formula is C17H29N5O4Si. The van der Waals surface area contributed by atoms with Gasteiger partial charge in [-0.3, -0.25) is 4.57 Å². The molecule has 0 radical (unpaired) electrons. The minimum absolute atomic E-state index is 0.258. The molecule has 27 heavy (non-hydrogen) atoms. The lowest BCUT2D eigenvalue weighted by molar-refractivity contribution is -0.0481. The number of hydrogen-bond donors (Lipinski definition) is 3. The lowest BCUT2D eigenvalue weighted by Gasteiger charge is -2.23. The Hall–Kier alpha value is -1.59. The summed E-state index contributed by atoms with van der Waals surface area (Å²) in [6.07, 6.45) is 1.56. The molecule has 1 fully saturated rings. The fourth-order valence-corrected chi connectivity index (χ4v) is 5.85. The average Bonchev–Trinajstić information content (AvgIpc) is 3.18. The van der Waals surface area contributed by atoms with E-state index in [1.807, 2.05) is 0 Å². The Morgan fingerprint density at radius 1 is 1.30 bits per heavy atom. The Kier molecular flexibility index (Phi) is 6.43. The number of rotatable bonds is 8. The van der Waals surface area contributed by atoms with Gasteiger partial charge in [0.2, 0.25) is 0 Å². The standard InChI is InChI=1S/C17H29N5O4Si/c1-4-5-6-27(10(2)3)25-7-11-13(23)14(24)17(26-11)22-9-21-12-15(18)19-8-20-16(12)22/h8-11,13-14,17,23-24,27H,4-7H2,1-3H3,(H2,18,19,20)/t11-,13-,14+,17-,27?/m1/s1. The van der Waals surface area contributed by atoms with Crippen molar-refractivity contribution in [2.45, 2.75) is 69.7 Å². The van der Waals surface area contributed by atoms with Crippen molar-refractivity contribution in [2.75, 3.05) is 12.3 Å². The molecule has 1 aliphatic heterocycles. The monoisotopic (exact) mass is 395 g/mol. The lowest BCUT2D eigenvalue weighted by Crippen LogP contribution is -2.36. The number of nitrogens with zero attached hydrogens (tertiary/aromatic N) is 4. The highest BCUT2D eigenvalue weighted by molar-refractivity contribution is 6.53. The largest absolute Gasteiger partial charge is 0.417 e. The molecule has 150 valence electrons. The first-order chi connectivity index (χ1) is 12.9. The van der Waals surface area contributed by atoms with Crippen molar-refractivity contribution in [3.63, 3.8) is 0 Å². The molecule has 0 aromatic carbocycles. The van der Waals surface area contributed by atoms with Crippen molar-refractivity contribution in [3.8, 4) is 0 Å². The van der Waals surface area contributed by atoms with E-state index in [9.17, 15) is 10.2 Å². The number of hydrogen-bond acceptors (Lipinski definition) is 8. The number of fused-ring (bicyclic) bond motifs is 1. The van der Waals surface area contributed by atoms with Crippen LogP contribution in [-0.4, -0.2) is 63.7 Å². The number of aliphatic hydroxyl groups excluding tert-OH is 2. The van der Waals surface area contributed by atoms with Crippen molar-refractivity contribution >= 4 is 26.0 Å². The third-order valence-corrected chi connectivity index (χ3v) is 8.14. The van der Waals surface area contributed by atoms with Crippen LogP contribution in [0.3, 0.4) is 0 Å². The maximum absolute atomic E-state index is 10.5. The Morgan fingerprint density at radius 3 is 2.78 bits per heavy atom. The molecule has 0 saturated carbocycles. The van der Waals surface area contributed by atoms with Crippen LogP contribution in [0.1, 0.15) is 39.8 Å². The Labute approximate surface area is 160 Å². The van der Waals surface area contributed by atoms with Crippen LogP contribution in [0.15, 0.2) is 12.7 Å². The minimum Gasteiger partial charge on any atom is -0.417 e. The van der Waals surface area contributed by atoms with Crippen molar-refractivity contribution in [3.05, 3.63) is 12.7 Å². The van der Waals surface area contributed by atoms with Gasteiger partial charge in [-0.25, -0.2) is 15.0 Å². The number of nitrogen functional groups attached to an aromatic ring is 1. The van der Waals surface area contributed by atoms with E-state index in [0.717, 1.165) is 18.9 Å². The summed E-state index contributed by atoms with van der Waals surface area (Å²) in [7, 11) is -1.39. The van der Waals surface area contributed by atoms with Crippen LogP contribution in [0.5, 0.6) is 0 Å². The normalized spacial score (nSPS) is 26.9. The fraction of sp³-hybridized carbons (Fsp3) is 0.706. The average molecular weight is 396 g/mol. The molecule has 4 N–H and O–H groups in total. The summed E-state index contributed by atoms with van der Waals surface area (Å²) in [6.45, 7) is 6.80. The van der Waals surface area contributed by atoms with E-state index in [-0.39, 0.29) is 12.4 Å². The van der Waals surface area contributed by atoms with Gasteiger partial charge in [0.15, 0.2) is 26.7 Å². The molecule has 3 heterocycles. The van der Waals surface area contributed by atoms with Gasteiger partial charge in [0.05, 0.1) is 12.9 Å². The van der Waals surface area contributed by atoms with Gasteiger partial charge >= 0.3 is 0 Å². The van der Waals surface area contributed by atoms with E-state index >= 15 is 0 Å². The maximum Gasteiger partial charge on any atom is 0.179 e. The highest BCUT2D eigenvalue weighted by Gasteiger charge is 2.44. The van der Waals surface area contributed by atoms with Crippen LogP contribution in [0.2, 0.25) is 11.6 Å². The molecule has 2 aromatic rings. The van der Waals surface area contributed by atoms with Crippen LogP contribution in [-0.2, 0) is 9.16 Å². The molecule has 0 aliphatic carbocycles. The number of unbranched alkanes of at least 4 members (excludes halogenated alkanes) is 1. The zero-order valence-corrected chi connectivity index (χ0v) is 17.2. The Morgan fingerprint density at radius 2 is 2.07 bits per heavy atom. The highest BCUT2D eigenvalue weighted by Crippen LogP contribution is 2.32. The molecule has 1 aliphatic rings. The van der Waals surface area contributed by atoms with Gasteiger partial charge < -0.3 is 25.1 Å². The Bertz CT molecular complexity index is 758. The molecule has 9 nitrogen and oxygen atoms in total. The fourth-order valence-electron chi connectivity index (χ4n) is 3.39. The number of ether oxygens (including phenoxy) is 1. The predicted molar refractivity (Wildman–Crippen MR) is 104 cm³/mol. The number of aliphatic hydroxyl groups is 2. The number of aromatic nitrogens is 4. The van der Waals surface area contributed by atoms with E-state index in [1.54, 1.807) is 4.57 Å². The van der Waals surface area contributed by atoms with E-state index in [0.29, 0.717) is 16.7 Å². The Balaban J connectivity index is 1.71. The second kappa shape index (κ2) is 8.61. The summed E-state index contributed by atoms with van der Waals surface area (Å²) in [5, 5.41) is 21.0. The van der Waals surface area contributed by atoms with Crippen molar-refractivity contribution in [1.82, 2.24) is 19.5 Å². The second-order valence-electron chi connectivity index (χ2n) is 7.39. The molecule has 1 unspecified atom stereocenters. The van der Waals surface area contributed by atoms with Crippen LogP contribution in [0, 0.1) is 0 Å². The van der Waals surface area contributed by atoms with E-state index in [2.05, 4.69) is 35.7 Å². The minimum atomic E-state index is -1.39. The van der Waals surface area contributed by atoms with Gasteiger partial charge in [0.25, 0.3) is 0 Å². The summed E-state index contributed by atoms with van der Waals surface area (Å²) in [6, 6.07) is 1.10. The van der Waals surface area contributed by atoms with E-state index < -0.39 is 33.6 Å². The van der Waals surface area contributed by atoms with Crippen molar-refractivity contribution < 1.29 is 19.4 Å². The lowest BCUT2D eigenvalue weighted by atomic mass is 10.1. The predicted octanol–water partition coefficient (Wildman–Crippen LogP) is 0.978.